The van der Waals surface area contributed by atoms with Crippen molar-refractivity contribution in [1.82, 2.24) is 14.7 Å². The van der Waals surface area contributed by atoms with E-state index in [1.165, 1.54) is 0 Å². The molecule has 0 spiro atoms. The van der Waals surface area contributed by atoms with Crippen LogP contribution in [-0.4, -0.2) is 37.2 Å². The van der Waals surface area contributed by atoms with Gasteiger partial charge in [-0.15, -0.1) is 0 Å². The first-order valence-electron chi connectivity index (χ1n) is 12.1. The molecule has 0 bridgehead atoms. The van der Waals surface area contributed by atoms with Gasteiger partial charge in [-0.3, -0.25) is 9.97 Å². The Morgan fingerprint density at radius 3 is 1.62 bits per heavy atom. The summed E-state index contributed by atoms with van der Waals surface area (Å²) in [5.74, 6) is 0.0779. The molecule has 4 rings (SSSR count). The fourth-order valence-corrected chi connectivity index (χ4v) is 4.75. The molecule has 0 aliphatic heterocycles. The highest BCUT2D eigenvalue weighted by Gasteiger charge is 2.07. The molecule has 2 aromatic carbocycles. The molecule has 2 heterocycles. The Bertz CT molecular complexity index is 1520. The van der Waals surface area contributed by atoms with Crippen LogP contribution >= 0.6 is 46.4 Å². The van der Waals surface area contributed by atoms with Crippen molar-refractivity contribution >= 4 is 56.4 Å². The second-order valence-electron chi connectivity index (χ2n) is 8.51. The van der Waals surface area contributed by atoms with Crippen molar-refractivity contribution in [1.29, 1.82) is 0 Å². The first kappa shape index (κ1) is 31.3. The molecule has 0 atom stereocenters. The van der Waals surface area contributed by atoms with Gasteiger partial charge in [-0.2, -0.15) is 0 Å². The number of benzene rings is 2. The average Bonchev–Trinajstić information content (AvgIpc) is 2.92. The predicted molar refractivity (Wildman–Crippen MR) is 163 cm³/mol. The zero-order chi connectivity index (χ0) is 28.4. The van der Waals surface area contributed by atoms with E-state index < -0.39 is 10.0 Å². The fraction of sp³-hybridized carbons (Fsp3) is 0.214. The van der Waals surface area contributed by atoms with E-state index in [9.17, 15) is 8.42 Å². The number of hydrogen-bond donors (Lipinski definition) is 2. The number of pyridine rings is 2. The lowest BCUT2D eigenvalue weighted by atomic mass is 10.1. The Morgan fingerprint density at radius 2 is 1.18 bits per heavy atom. The third-order valence-corrected chi connectivity index (χ3v) is 8.53. The zero-order valence-corrected chi connectivity index (χ0v) is 25.0. The van der Waals surface area contributed by atoms with Gasteiger partial charge in [0.15, 0.2) is 0 Å². The van der Waals surface area contributed by atoms with Gasteiger partial charge in [0, 0.05) is 42.5 Å². The van der Waals surface area contributed by atoms with Crippen LogP contribution in [0.2, 0.25) is 20.1 Å². The topological polar surface area (TPSA) is 98.0 Å². The van der Waals surface area contributed by atoms with Gasteiger partial charge in [0.2, 0.25) is 10.0 Å². The van der Waals surface area contributed by atoms with E-state index in [1.807, 2.05) is 30.5 Å². The second-order valence-corrected chi connectivity index (χ2v) is 12.2. The third kappa shape index (κ3) is 9.72. The maximum Gasteiger partial charge on any atom is 0.211 e. The van der Waals surface area contributed by atoms with Crippen LogP contribution in [-0.2, 0) is 22.9 Å². The molecule has 0 saturated carbocycles. The number of aromatic nitrogens is 2. The number of hydrogen-bond acceptors (Lipinski definition) is 5. The summed E-state index contributed by atoms with van der Waals surface area (Å²) in [5.41, 5.74) is 11.4. The molecule has 4 aromatic rings. The van der Waals surface area contributed by atoms with Gasteiger partial charge in [-0.1, -0.05) is 58.5 Å². The fourth-order valence-electron chi connectivity index (χ4n) is 3.54. The van der Waals surface area contributed by atoms with E-state index >= 15 is 0 Å². The van der Waals surface area contributed by atoms with Crippen LogP contribution < -0.4 is 10.5 Å². The maximum atomic E-state index is 11.4. The van der Waals surface area contributed by atoms with E-state index in [2.05, 4.69) is 20.8 Å². The van der Waals surface area contributed by atoms with Gasteiger partial charge in [0.1, 0.15) is 0 Å². The molecule has 2 aromatic heterocycles. The highest BCUT2D eigenvalue weighted by molar-refractivity contribution is 7.89. The molecule has 206 valence electrons. The van der Waals surface area contributed by atoms with Crippen molar-refractivity contribution < 1.29 is 8.42 Å². The Balaban J connectivity index is 0.000000223. The number of nitrogens with one attached hydrogen (secondary N) is 1. The second kappa shape index (κ2) is 15.0. The molecular formula is C28H28Cl4N4O2S. The summed E-state index contributed by atoms with van der Waals surface area (Å²) < 4.78 is 25.3. The van der Waals surface area contributed by atoms with E-state index in [4.69, 9.17) is 52.1 Å². The first-order chi connectivity index (χ1) is 18.6. The lowest BCUT2D eigenvalue weighted by molar-refractivity contribution is 0.583. The van der Waals surface area contributed by atoms with Crippen LogP contribution in [0.5, 0.6) is 0 Å². The largest absolute Gasteiger partial charge is 0.330 e. The molecule has 0 aliphatic carbocycles. The van der Waals surface area contributed by atoms with Gasteiger partial charge in [-0.25, -0.2) is 13.1 Å². The van der Waals surface area contributed by atoms with E-state index in [0.29, 0.717) is 39.6 Å². The van der Waals surface area contributed by atoms with Crippen molar-refractivity contribution in [2.45, 2.75) is 19.8 Å². The standard InChI is InChI=1S/C15H16Cl2N2O2S.C13H12Cl2N2/c1-2-22(20,21)19-6-5-11-7-13(10-18-9-11)12-3-4-14(16)15(17)8-12;14-12-2-1-10(6-13(12)15)11-5-9(3-4-16)7-17-8-11/h3-4,7-10,19H,2,5-6H2,1H3;1-2,5-8H,3-4,16H2. The van der Waals surface area contributed by atoms with Crippen LogP contribution in [0.15, 0.2) is 73.3 Å². The normalized spacial score (nSPS) is 11.1. The summed E-state index contributed by atoms with van der Waals surface area (Å²) in [5, 5.41) is 2.10. The Kier molecular flexibility index (Phi) is 12.0. The quantitative estimate of drug-likeness (QED) is 0.207. The lowest BCUT2D eigenvalue weighted by Crippen LogP contribution is -2.27. The minimum Gasteiger partial charge on any atom is -0.330 e. The Labute approximate surface area is 249 Å². The van der Waals surface area contributed by atoms with Gasteiger partial charge >= 0.3 is 0 Å². The molecule has 3 N–H and O–H groups in total. The van der Waals surface area contributed by atoms with Gasteiger partial charge < -0.3 is 5.73 Å². The van der Waals surface area contributed by atoms with Crippen molar-refractivity contribution in [2.75, 3.05) is 18.8 Å². The Morgan fingerprint density at radius 1 is 0.692 bits per heavy atom. The van der Waals surface area contributed by atoms with Gasteiger partial charge in [0.25, 0.3) is 0 Å². The molecule has 0 amide bonds. The third-order valence-electron chi connectivity index (χ3n) is 5.64. The van der Waals surface area contributed by atoms with Crippen LogP contribution in [0, 0.1) is 0 Å². The van der Waals surface area contributed by atoms with Gasteiger partial charge in [-0.05, 0) is 85.0 Å². The van der Waals surface area contributed by atoms with Crippen molar-refractivity contribution in [3.63, 3.8) is 0 Å². The average molecular weight is 626 g/mol. The molecule has 0 aliphatic rings. The van der Waals surface area contributed by atoms with Crippen molar-refractivity contribution in [3.8, 4) is 22.3 Å². The highest BCUT2D eigenvalue weighted by Crippen LogP contribution is 2.29. The van der Waals surface area contributed by atoms with Crippen LogP contribution in [0.4, 0.5) is 0 Å². The minimum atomic E-state index is -3.16. The number of sulfonamides is 1. The smallest absolute Gasteiger partial charge is 0.211 e. The summed E-state index contributed by atoms with van der Waals surface area (Å²) >= 11 is 23.8. The lowest BCUT2D eigenvalue weighted by Gasteiger charge is -2.07. The molecule has 11 heteroatoms. The molecule has 0 unspecified atom stereocenters. The van der Waals surface area contributed by atoms with Crippen molar-refractivity contribution in [2.24, 2.45) is 5.73 Å². The molecule has 6 nitrogen and oxygen atoms in total. The maximum absolute atomic E-state index is 11.4. The van der Waals surface area contributed by atoms with E-state index in [-0.39, 0.29) is 5.75 Å². The Hall–Kier alpha value is -2.23. The van der Waals surface area contributed by atoms with Crippen LogP contribution in [0.3, 0.4) is 0 Å². The summed E-state index contributed by atoms with van der Waals surface area (Å²) in [4.78, 5) is 8.40. The first-order valence-corrected chi connectivity index (χ1v) is 15.2. The highest BCUT2D eigenvalue weighted by atomic mass is 35.5. The molecule has 0 saturated heterocycles. The predicted octanol–water partition coefficient (Wildman–Crippen LogP) is 7.09. The molecule has 0 radical (unpaired) electrons. The SMILES string of the molecule is CCS(=O)(=O)NCCc1cncc(-c2ccc(Cl)c(Cl)c2)c1.NCCc1cncc(-c2ccc(Cl)c(Cl)c2)c1. The molecule has 39 heavy (non-hydrogen) atoms. The zero-order valence-electron chi connectivity index (χ0n) is 21.2. The van der Waals surface area contributed by atoms with Crippen LogP contribution in [0.25, 0.3) is 22.3 Å². The van der Waals surface area contributed by atoms with E-state index in [1.54, 1.807) is 43.7 Å². The summed E-state index contributed by atoms with van der Waals surface area (Å²) in [7, 11) is -3.16. The van der Waals surface area contributed by atoms with Gasteiger partial charge in [0.05, 0.1) is 25.8 Å². The van der Waals surface area contributed by atoms with Crippen LogP contribution in [0.1, 0.15) is 18.1 Å². The number of nitrogens with zero attached hydrogens (tertiary/aromatic N) is 2. The number of nitrogens with two attached hydrogens (primary N) is 1. The summed E-state index contributed by atoms with van der Waals surface area (Å²) in [6, 6.07) is 15.0. The monoisotopic (exact) mass is 624 g/mol. The minimum absolute atomic E-state index is 0.0779. The van der Waals surface area contributed by atoms with E-state index in [0.717, 1.165) is 39.8 Å². The molecular weight excluding hydrogens is 598 g/mol. The molecule has 0 fully saturated rings. The number of rotatable bonds is 9. The number of halogens is 4. The summed E-state index contributed by atoms with van der Waals surface area (Å²) in [6.45, 7) is 2.57. The summed E-state index contributed by atoms with van der Waals surface area (Å²) in [6.07, 6.45) is 8.48. The van der Waals surface area contributed by atoms with Crippen molar-refractivity contribution in [3.05, 3.63) is 105 Å².